The van der Waals surface area contributed by atoms with Gasteiger partial charge in [-0.1, -0.05) is 38.1 Å². The Morgan fingerprint density at radius 2 is 1.94 bits per heavy atom. The van der Waals surface area contributed by atoms with E-state index in [1.54, 1.807) is 5.01 Å². The summed E-state index contributed by atoms with van der Waals surface area (Å²) in [5.74, 6) is 0.392. The molecule has 96 valence electrons. The zero-order chi connectivity index (χ0) is 13.3. The summed E-state index contributed by atoms with van der Waals surface area (Å²) in [5.41, 5.74) is 3.29. The molecule has 0 aromatic heterocycles. The molecule has 1 aliphatic rings. The van der Waals surface area contributed by atoms with Gasteiger partial charge < -0.3 is 0 Å². The van der Waals surface area contributed by atoms with Crippen LogP contribution in [-0.2, 0) is 11.3 Å². The average Bonchev–Trinajstić information content (AvgIpc) is 2.57. The highest BCUT2D eigenvalue weighted by Gasteiger charge is 2.35. The molecule has 0 fully saturated rings. The topological polar surface area (TPSA) is 32.7 Å². The van der Waals surface area contributed by atoms with E-state index in [9.17, 15) is 4.79 Å². The zero-order valence-corrected chi connectivity index (χ0v) is 11.5. The molecule has 0 radical (unpaired) electrons. The van der Waals surface area contributed by atoms with E-state index in [4.69, 9.17) is 0 Å². The minimum Gasteiger partial charge on any atom is -0.272 e. The van der Waals surface area contributed by atoms with Crippen molar-refractivity contribution in [3.05, 3.63) is 35.4 Å². The normalized spacial score (nSPS) is 19.6. The Balaban J connectivity index is 2.18. The average molecular weight is 244 g/mol. The molecule has 1 heterocycles. The highest BCUT2D eigenvalue weighted by Crippen LogP contribution is 2.25. The molecule has 1 unspecified atom stereocenters. The van der Waals surface area contributed by atoms with E-state index in [0.717, 1.165) is 11.3 Å². The Morgan fingerprint density at radius 3 is 2.50 bits per heavy atom. The molecule has 1 amide bonds. The van der Waals surface area contributed by atoms with Crippen molar-refractivity contribution in [1.29, 1.82) is 0 Å². The van der Waals surface area contributed by atoms with Gasteiger partial charge in [0.25, 0.3) is 5.91 Å². The summed E-state index contributed by atoms with van der Waals surface area (Å²) >= 11 is 0. The Labute approximate surface area is 108 Å². The van der Waals surface area contributed by atoms with Crippen molar-refractivity contribution in [3.8, 4) is 0 Å². The standard InChI is InChI=1S/C15H20N2O/c1-10(2)14-12(4)16-17(15(14)18)9-13-8-6-5-7-11(13)3/h5-8,10,14H,9H2,1-4H3. The Morgan fingerprint density at radius 1 is 1.28 bits per heavy atom. The third-order valence-electron chi connectivity index (χ3n) is 3.50. The quantitative estimate of drug-likeness (QED) is 0.804. The summed E-state index contributed by atoms with van der Waals surface area (Å²) in [6, 6.07) is 8.12. The fraction of sp³-hybridized carbons (Fsp3) is 0.467. The van der Waals surface area contributed by atoms with Crippen LogP contribution in [-0.4, -0.2) is 16.6 Å². The van der Waals surface area contributed by atoms with Crippen LogP contribution >= 0.6 is 0 Å². The molecule has 0 saturated heterocycles. The van der Waals surface area contributed by atoms with Gasteiger partial charge in [-0.3, -0.25) is 4.79 Å². The summed E-state index contributed by atoms with van der Waals surface area (Å²) in [4.78, 5) is 12.3. The van der Waals surface area contributed by atoms with Crippen molar-refractivity contribution in [2.24, 2.45) is 16.9 Å². The van der Waals surface area contributed by atoms with Crippen LogP contribution in [0.1, 0.15) is 31.9 Å². The number of nitrogens with zero attached hydrogens (tertiary/aromatic N) is 2. The van der Waals surface area contributed by atoms with Crippen LogP contribution in [0.2, 0.25) is 0 Å². The number of hydrogen-bond donors (Lipinski definition) is 0. The first-order chi connectivity index (χ1) is 8.50. The van der Waals surface area contributed by atoms with E-state index >= 15 is 0 Å². The lowest BCUT2D eigenvalue weighted by Gasteiger charge is -2.17. The summed E-state index contributed by atoms with van der Waals surface area (Å²) in [7, 11) is 0. The minimum atomic E-state index is -0.0472. The van der Waals surface area contributed by atoms with E-state index in [-0.39, 0.29) is 11.8 Å². The molecule has 2 rings (SSSR count). The maximum absolute atomic E-state index is 12.3. The lowest BCUT2D eigenvalue weighted by atomic mass is 9.92. The van der Waals surface area contributed by atoms with Gasteiger partial charge in [0.1, 0.15) is 0 Å². The van der Waals surface area contributed by atoms with Gasteiger partial charge in [-0.25, -0.2) is 5.01 Å². The molecule has 1 aromatic carbocycles. The number of amides is 1. The second-order valence-corrected chi connectivity index (χ2v) is 5.29. The highest BCUT2D eigenvalue weighted by molar-refractivity contribution is 6.07. The summed E-state index contributed by atoms with van der Waals surface area (Å²) in [6.07, 6.45) is 0. The predicted octanol–water partition coefficient (Wildman–Crippen LogP) is 2.99. The third kappa shape index (κ3) is 2.30. The smallest absolute Gasteiger partial charge is 0.252 e. The van der Waals surface area contributed by atoms with Crippen molar-refractivity contribution in [3.63, 3.8) is 0 Å². The number of hydrazone groups is 1. The van der Waals surface area contributed by atoms with E-state index in [0.29, 0.717) is 12.5 Å². The maximum atomic E-state index is 12.3. The Hall–Kier alpha value is -1.64. The lowest BCUT2D eigenvalue weighted by Crippen LogP contribution is -2.30. The maximum Gasteiger partial charge on any atom is 0.252 e. The van der Waals surface area contributed by atoms with Crippen LogP contribution in [0.15, 0.2) is 29.4 Å². The summed E-state index contributed by atoms with van der Waals surface area (Å²) in [5, 5.41) is 6.02. The molecule has 0 bridgehead atoms. The first kappa shape index (κ1) is 12.8. The van der Waals surface area contributed by atoms with Crippen molar-refractivity contribution >= 4 is 11.6 Å². The monoisotopic (exact) mass is 244 g/mol. The number of carbonyl (C=O) groups is 1. The molecule has 0 N–H and O–H groups in total. The van der Waals surface area contributed by atoms with Gasteiger partial charge in [-0.05, 0) is 30.9 Å². The van der Waals surface area contributed by atoms with Crippen molar-refractivity contribution < 1.29 is 4.79 Å². The lowest BCUT2D eigenvalue weighted by molar-refractivity contribution is -0.133. The number of hydrogen-bond acceptors (Lipinski definition) is 2. The number of rotatable bonds is 3. The number of benzene rings is 1. The van der Waals surface area contributed by atoms with E-state index in [1.165, 1.54) is 5.56 Å². The fourth-order valence-electron chi connectivity index (χ4n) is 2.47. The van der Waals surface area contributed by atoms with Crippen LogP contribution in [0.3, 0.4) is 0 Å². The van der Waals surface area contributed by atoms with Gasteiger partial charge in [0.05, 0.1) is 12.5 Å². The number of aryl methyl sites for hydroxylation is 1. The third-order valence-corrected chi connectivity index (χ3v) is 3.50. The molecule has 1 atom stereocenters. The SMILES string of the molecule is CC1=NN(Cc2ccccc2C)C(=O)C1C(C)C. The van der Waals surface area contributed by atoms with Gasteiger partial charge in [-0.2, -0.15) is 5.10 Å². The van der Waals surface area contributed by atoms with Gasteiger partial charge in [0, 0.05) is 5.71 Å². The van der Waals surface area contributed by atoms with Crippen molar-refractivity contribution in [1.82, 2.24) is 5.01 Å². The molecular weight excluding hydrogens is 224 g/mol. The zero-order valence-electron chi connectivity index (χ0n) is 11.5. The van der Waals surface area contributed by atoms with Crippen LogP contribution in [0, 0.1) is 18.8 Å². The van der Waals surface area contributed by atoms with Crippen molar-refractivity contribution in [2.75, 3.05) is 0 Å². The summed E-state index contributed by atoms with van der Waals surface area (Å²) < 4.78 is 0. The Kier molecular flexibility index (Phi) is 3.50. The molecule has 1 aliphatic heterocycles. The van der Waals surface area contributed by atoms with Gasteiger partial charge in [-0.15, -0.1) is 0 Å². The first-order valence-corrected chi connectivity index (χ1v) is 6.41. The van der Waals surface area contributed by atoms with Crippen LogP contribution in [0.4, 0.5) is 0 Å². The van der Waals surface area contributed by atoms with E-state index in [2.05, 4.69) is 38.0 Å². The molecule has 3 nitrogen and oxygen atoms in total. The second-order valence-electron chi connectivity index (χ2n) is 5.29. The van der Waals surface area contributed by atoms with Gasteiger partial charge in [0.15, 0.2) is 0 Å². The largest absolute Gasteiger partial charge is 0.272 e. The molecule has 0 aliphatic carbocycles. The summed E-state index contributed by atoms with van der Waals surface area (Å²) in [6.45, 7) is 8.72. The van der Waals surface area contributed by atoms with Crippen LogP contribution in [0.25, 0.3) is 0 Å². The molecule has 18 heavy (non-hydrogen) atoms. The van der Waals surface area contributed by atoms with Crippen LogP contribution in [0.5, 0.6) is 0 Å². The second kappa shape index (κ2) is 4.92. The molecule has 3 heteroatoms. The minimum absolute atomic E-state index is 0.0472. The van der Waals surface area contributed by atoms with E-state index in [1.807, 2.05) is 19.1 Å². The fourth-order valence-corrected chi connectivity index (χ4v) is 2.47. The molecular formula is C15H20N2O. The van der Waals surface area contributed by atoms with Crippen molar-refractivity contribution in [2.45, 2.75) is 34.2 Å². The van der Waals surface area contributed by atoms with E-state index < -0.39 is 0 Å². The predicted molar refractivity (Wildman–Crippen MR) is 73.2 cm³/mol. The first-order valence-electron chi connectivity index (χ1n) is 6.41. The molecule has 1 aromatic rings. The highest BCUT2D eigenvalue weighted by atomic mass is 16.2. The Bertz CT molecular complexity index is 491. The number of carbonyl (C=O) groups excluding carboxylic acids is 1. The molecule has 0 saturated carbocycles. The van der Waals surface area contributed by atoms with Gasteiger partial charge >= 0.3 is 0 Å². The van der Waals surface area contributed by atoms with Gasteiger partial charge in [0.2, 0.25) is 0 Å². The van der Waals surface area contributed by atoms with Crippen LogP contribution < -0.4 is 0 Å². The molecule has 0 spiro atoms.